The van der Waals surface area contributed by atoms with Crippen LogP contribution in [0.5, 0.6) is 0 Å². The van der Waals surface area contributed by atoms with E-state index in [1.54, 1.807) is 13.2 Å². The lowest BCUT2D eigenvalue weighted by atomic mass is 9.98. The molecule has 5 nitrogen and oxygen atoms in total. The molecular formula is C22H22N4O. The molecule has 0 aliphatic carbocycles. The quantitative estimate of drug-likeness (QED) is 0.594. The van der Waals surface area contributed by atoms with E-state index in [9.17, 15) is 4.79 Å². The molecule has 0 aliphatic heterocycles. The Bertz CT molecular complexity index is 1220. The zero-order valence-corrected chi connectivity index (χ0v) is 15.9. The average Bonchev–Trinajstić information content (AvgIpc) is 3.04. The fraction of sp³-hybridized carbons (Fsp3) is 0.182. The molecule has 0 amide bonds. The van der Waals surface area contributed by atoms with Gasteiger partial charge in [0.15, 0.2) is 0 Å². The first kappa shape index (κ1) is 17.1. The number of hydrogen-bond donors (Lipinski definition) is 1. The number of aromatic nitrogens is 3. The zero-order chi connectivity index (χ0) is 19.1. The van der Waals surface area contributed by atoms with Crippen molar-refractivity contribution in [1.82, 2.24) is 14.3 Å². The van der Waals surface area contributed by atoms with Crippen molar-refractivity contribution in [3.8, 4) is 11.1 Å². The van der Waals surface area contributed by atoms with Gasteiger partial charge >= 0.3 is 0 Å². The summed E-state index contributed by atoms with van der Waals surface area (Å²) in [5.41, 5.74) is 6.94. The van der Waals surface area contributed by atoms with Crippen LogP contribution in [-0.2, 0) is 14.1 Å². The number of anilines is 2. The van der Waals surface area contributed by atoms with Crippen molar-refractivity contribution in [3.63, 3.8) is 0 Å². The first-order valence-electron chi connectivity index (χ1n) is 8.90. The molecule has 0 atom stereocenters. The van der Waals surface area contributed by atoms with Gasteiger partial charge in [0.05, 0.1) is 17.4 Å². The van der Waals surface area contributed by atoms with Crippen molar-refractivity contribution in [3.05, 3.63) is 76.3 Å². The minimum Gasteiger partial charge on any atom is -0.353 e. The van der Waals surface area contributed by atoms with Gasteiger partial charge in [-0.05, 0) is 48.7 Å². The van der Waals surface area contributed by atoms with E-state index in [0.29, 0.717) is 5.56 Å². The highest BCUT2D eigenvalue weighted by atomic mass is 16.1. The number of benzene rings is 2. The van der Waals surface area contributed by atoms with Gasteiger partial charge in [-0.25, -0.2) is 4.68 Å². The van der Waals surface area contributed by atoms with Gasteiger partial charge in [0.2, 0.25) is 0 Å². The fourth-order valence-corrected chi connectivity index (χ4v) is 3.45. The Hall–Kier alpha value is -3.34. The number of hydrogen-bond acceptors (Lipinski definition) is 3. The second-order valence-corrected chi connectivity index (χ2v) is 6.94. The summed E-state index contributed by atoms with van der Waals surface area (Å²) >= 11 is 0. The zero-order valence-electron chi connectivity index (χ0n) is 15.9. The van der Waals surface area contributed by atoms with Crippen LogP contribution < -0.4 is 10.9 Å². The molecule has 0 radical (unpaired) electrons. The lowest BCUT2D eigenvalue weighted by Gasteiger charge is -2.14. The second kappa shape index (κ2) is 6.43. The highest BCUT2D eigenvalue weighted by Gasteiger charge is 2.12. The molecule has 0 bridgehead atoms. The molecule has 2 aromatic carbocycles. The molecule has 0 unspecified atom stereocenters. The van der Waals surface area contributed by atoms with E-state index in [1.807, 2.05) is 26.2 Å². The highest BCUT2D eigenvalue weighted by molar-refractivity contribution is 5.98. The molecule has 1 N–H and O–H groups in total. The third-order valence-electron chi connectivity index (χ3n) is 5.11. The van der Waals surface area contributed by atoms with Crippen LogP contribution in [0.25, 0.3) is 22.0 Å². The SMILES string of the molecule is Cc1ccccc1-c1cc(Nc2cnn(C)c(=O)c2C)c2ccn(C)c2c1. The molecule has 4 rings (SSSR count). The predicted octanol–water partition coefficient (Wildman–Crippen LogP) is 4.30. The smallest absolute Gasteiger partial charge is 0.271 e. The van der Waals surface area contributed by atoms with Crippen LogP contribution in [0.1, 0.15) is 11.1 Å². The summed E-state index contributed by atoms with van der Waals surface area (Å²) in [6.07, 6.45) is 3.75. The molecule has 5 heteroatoms. The normalized spacial score (nSPS) is 11.1. The van der Waals surface area contributed by atoms with Crippen LogP contribution in [-0.4, -0.2) is 14.3 Å². The minimum atomic E-state index is -0.0978. The standard InChI is InChI=1S/C22H22N4O/c1-14-7-5-6-8-17(14)16-11-19(18-9-10-25(3)21(18)12-16)24-20-13-23-26(4)22(27)15(20)2/h5-13,24H,1-4H3. The summed E-state index contributed by atoms with van der Waals surface area (Å²) in [5, 5.41) is 8.70. The van der Waals surface area contributed by atoms with Crippen molar-refractivity contribution >= 4 is 22.3 Å². The van der Waals surface area contributed by atoms with Gasteiger partial charge in [-0.1, -0.05) is 24.3 Å². The van der Waals surface area contributed by atoms with Crippen molar-refractivity contribution in [1.29, 1.82) is 0 Å². The molecule has 0 fully saturated rings. The summed E-state index contributed by atoms with van der Waals surface area (Å²) in [6, 6.07) is 14.8. The summed E-state index contributed by atoms with van der Waals surface area (Å²) < 4.78 is 3.46. The Balaban J connectivity index is 1.91. The summed E-state index contributed by atoms with van der Waals surface area (Å²) in [7, 11) is 3.70. The van der Waals surface area contributed by atoms with Crippen molar-refractivity contribution < 1.29 is 0 Å². The molecular weight excluding hydrogens is 336 g/mol. The Kier molecular flexibility index (Phi) is 4.07. The fourth-order valence-electron chi connectivity index (χ4n) is 3.45. The maximum Gasteiger partial charge on any atom is 0.271 e. The molecule has 2 heterocycles. The first-order chi connectivity index (χ1) is 13.0. The van der Waals surface area contributed by atoms with Gasteiger partial charge in [0, 0.05) is 36.9 Å². The number of fused-ring (bicyclic) bond motifs is 1. The first-order valence-corrected chi connectivity index (χ1v) is 8.90. The van der Waals surface area contributed by atoms with Gasteiger partial charge in [0.1, 0.15) is 0 Å². The Labute approximate surface area is 157 Å². The minimum absolute atomic E-state index is 0.0978. The predicted molar refractivity (Wildman–Crippen MR) is 111 cm³/mol. The summed E-state index contributed by atoms with van der Waals surface area (Å²) in [6.45, 7) is 3.94. The van der Waals surface area contributed by atoms with Crippen LogP contribution in [0, 0.1) is 13.8 Å². The summed E-state index contributed by atoms with van der Waals surface area (Å²) in [5.74, 6) is 0. The van der Waals surface area contributed by atoms with E-state index in [4.69, 9.17) is 0 Å². The Morgan fingerprint density at radius 2 is 1.78 bits per heavy atom. The molecule has 0 saturated carbocycles. The molecule has 4 aromatic rings. The van der Waals surface area contributed by atoms with E-state index in [2.05, 4.69) is 58.3 Å². The van der Waals surface area contributed by atoms with Crippen LogP contribution >= 0.6 is 0 Å². The second-order valence-electron chi connectivity index (χ2n) is 6.94. The third kappa shape index (κ3) is 2.91. The van der Waals surface area contributed by atoms with Crippen molar-refractivity contribution in [2.24, 2.45) is 14.1 Å². The molecule has 0 aliphatic rings. The van der Waals surface area contributed by atoms with Crippen molar-refractivity contribution in [2.45, 2.75) is 13.8 Å². The van der Waals surface area contributed by atoms with Crippen LogP contribution in [0.15, 0.2) is 59.7 Å². The van der Waals surface area contributed by atoms with Gasteiger partial charge < -0.3 is 9.88 Å². The molecule has 0 spiro atoms. The largest absolute Gasteiger partial charge is 0.353 e. The van der Waals surface area contributed by atoms with Crippen LogP contribution in [0.4, 0.5) is 11.4 Å². The Morgan fingerprint density at radius 3 is 2.56 bits per heavy atom. The molecule has 0 saturated heterocycles. The van der Waals surface area contributed by atoms with Gasteiger partial charge in [-0.3, -0.25) is 4.79 Å². The average molecular weight is 358 g/mol. The van der Waals surface area contributed by atoms with Crippen molar-refractivity contribution in [2.75, 3.05) is 5.32 Å². The van der Waals surface area contributed by atoms with E-state index < -0.39 is 0 Å². The van der Waals surface area contributed by atoms with Gasteiger partial charge in [0.25, 0.3) is 5.56 Å². The number of aryl methyl sites for hydroxylation is 3. The topological polar surface area (TPSA) is 51.9 Å². The molecule has 27 heavy (non-hydrogen) atoms. The van der Waals surface area contributed by atoms with Gasteiger partial charge in [-0.15, -0.1) is 0 Å². The van der Waals surface area contributed by atoms with E-state index in [1.165, 1.54) is 15.8 Å². The van der Waals surface area contributed by atoms with E-state index in [0.717, 1.165) is 27.8 Å². The number of rotatable bonds is 3. The monoisotopic (exact) mass is 358 g/mol. The lowest BCUT2D eigenvalue weighted by molar-refractivity contribution is 0.702. The number of nitrogens with zero attached hydrogens (tertiary/aromatic N) is 3. The highest BCUT2D eigenvalue weighted by Crippen LogP contribution is 2.34. The summed E-state index contributed by atoms with van der Waals surface area (Å²) in [4.78, 5) is 12.2. The maximum atomic E-state index is 12.2. The van der Waals surface area contributed by atoms with E-state index in [-0.39, 0.29) is 5.56 Å². The van der Waals surface area contributed by atoms with Gasteiger partial charge in [-0.2, -0.15) is 5.10 Å². The molecule has 136 valence electrons. The third-order valence-corrected chi connectivity index (χ3v) is 5.11. The Morgan fingerprint density at radius 1 is 1.00 bits per heavy atom. The molecule has 2 aromatic heterocycles. The lowest BCUT2D eigenvalue weighted by Crippen LogP contribution is -2.22. The number of nitrogens with one attached hydrogen (secondary N) is 1. The maximum absolute atomic E-state index is 12.2. The van der Waals surface area contributed by atoms with E-state index >= 15 is 0 Å². The van der Waals surface area contributed by atoms with Crippen LogP contribution in [0.2, 0.25) is 0 Å². The van der Waals surface area contributed by atoms with Crippen LogP contribution in [0.3, 0.4) is 0 Å².